The lowest BCUT2D eigenvalue weighted by molar-refractivity contribution is -0.385. The van der Waals surface area contributed by atoms with Crippen LogP contribution in [0.2, 0.25) is 0 Å². The molecule has 1 aromatic carbocycles. The van der Waals surface area contributed by atoms with Crippen LogP contribution in [0.5, 0.6) is 5.75 Å². The van der Waals surface area contributed by atoms with E-state index in [2.05, 4.69) is 15.9 Å². The Morgan fingerprint density at radius 2 is 2.11 bits per heavy atom. The fourth-order valence-corrected chi connectivity index (χ4v) is 2.69. The number of aliphatic hydroxyl groups is 1. The second-order valence-electron chi connectivity index (χ2n) is 4.83. The maximum Gasteiger partial charge on any atom is 0.271 e. The number of halogens is 1. The maximum atomic E-state index is 10.8. The Balaban J connectivity index is 2.34. The molecule has 0 spiro atoms. The Bertz CT molecular complexity index is 505. The molecule has 1 fully saturated rings. The number of aromatic hydroxyl groups is 1. The molecule has 0 saturated heterocycles. The van der Waals surface area contributed by atoms with Crippen molar-refractivity contribution in [2.45, 2.75) is 31.4 Å². The molecule has 1 aromatic rings. The Morgan fingerprint density at radius 3 is 2.58 bits per heavy atom. The number of rotatable bonds is 4. The van der Waals surface area contributed by atoms with E-state index in [1.807, 2.05) is 0 Å². The van der Waals surface area contributed by atoms with Crippen molar-refractivity contribution >= 4 is 21.6 Å². The molecule has 0 unspecified atom stereocenters. The zero-order chi connectivity index (χ0) is 14.2. The molecule has 2 rings (SSSR count). The van der Waals surface area contributed by atoms with Crippen molar-refractivity contribution in [3.8, 4) is 5.75 Å². The first-order valence-corrected chi connectivity index (χ1v) is 6.81. The molecule has 19 heavy (non-hydrogen) atoms. The van der Waals surface area contributed by atoms with Crippen LogP contribution >= 0.6 is 15.9 Å². The lowest BCUT2D eigenvalue weighted by Gasteiger charge is -2.34. The minimum absolute atomic E-state index is 0.104. The first-order chi connectivity index (χ1) is 8.91. The van der Waals surface area contributed by atoms with E-state index in [9.17, 15) is 20.3 Å². The van der Waals surface area contributed by atoms with Gasteiger partial charge < -0.3 is 15.9 Å². The Hall–Kier alpha value is -1.18. The van der Waals surface area contributed by atoms with Gasteiger partial charge in [-0.3, -0.25) is 10.1 Å². The van der Waals surface area contributed by atoms with Crippen LogP contribution in [-0.4, -0.2) is 21.2 Å². The summed E-state index contributed by atoms with van der Waals surface area (Å²) < 4.78 is 0.202. The standard InChI is InChI=1S/C12H15BrN2O4/c13-9-5-7(15(18)19)4-8(12(9)17)10(14)11(16)6-2-1-3-6/h4-6,10-11,16-17H,1-3,14H2/t10-,11+/m0/s1. The molecule has 0 aromatic heterocycles. The number of non-ortho nitro benzene ring substituents is 1. The number of hydrogen-bond acceptors (Lipinski definition) is 5. The summed E-state index contributed by atoms with van der Waals surface area (Å²) in [6.07, 6.45) is 2.05. The molecule has 6 nitrogen and oxygen atoms in total. The first-order valence-electron chi connectivity index (χ1n) is 6.02. The molecule has 0 amide bonds. The third-order valence-corrected chi connectivity index (χ3v) is 4.25. The van der Waals surface area contributed by atoms with Gasteiger partial charge in [-0.25, -0.2) is 0 Å². The van der Waals surface area contributed by atoms with Gasteiger partial charge in [0.1, 0.15) is 5.75 Å². The van der Waals surface area contributed by atoms with Crippen LogP contribution in [0.25, 0.3) is 0 Å². The molecule has 1 saturated carbocycles. The predicted molar refractivity (Wildman–Crippen MR) is 72.7 cm³/mol. The summed E-state index contributed by atoms with van der Waals surface area (Å²) in [7, 11) is 0. The van der Waals surface area contributed by atoms with Crippen LogP contribution in [0.3, 0.4) is 0 Å². The van der Waals surface area contributed by atoms with Gasteiger partial charge in [0.15, 0.2) is 0 Å². The number of nitro groups is 1. The zero-order valence-corrected chi connectivity index (χ0v) is 11.7. The van der Waals surface area contributed by atoms with E-state index in [1.165, 1.54) is 12.1 Å². The highest BCUT2D eigenvalue weighted by Crippen LogP contribution is 2.40. The van der Waals surface area contributed by atoms with Crippen molar-refractivity contribution in [1.82, 2.24) is 0 Å². The lowest BCUT2D eigenvalue weighted by atomic mass is 9.77. The van der Waals surface area contributed by atoms with E-state index < -0.39 is 17.1 Å². The zero-order valence-electron chi connectivity index (χ0n) is 10.1. The minimum atomic E-state index is -0.832. The second-order valence-corrected chi connectivity index (χ2v) is 5.68. The summed E-state index contributed by atoms with van der Waals surface area (Å²) in [5, 5.41) is 30.9. The van der Waals surface area contributed by atoms with Gasteiger partial charge in [0.05, 0.1) is 21.5 Å². The van der Waals surface area contributed by atoms with Gasteiger partial charge in [-0.1, -0.05) is 6.42 Å². The molecule has 4 N–H and O–H groups in total. The third-order valence-electron chi connectivity index (χ3n) is 3.65. The Kier molecular flexibility index (Phi) is 4.07. The molecule has 2 atom stereocenters. The van der Waals surface area contributed by atoms with Crippen molar-refractivity contribution < 1.29 is 15.1 Å². The van der Waals surface area contributed by atoms with E-state index in [1.54, 1.807) is 0 Å². The number of nitrogens with two attached hydrogens (primary N) is 1. The van der Waals surface area contributed by atoms with Crippen molar-refractivity contribution in [3.63, 3.8) is 0 Å². The quantitative estimate of drug-likeness (QED) is 0.579. The minimum Gasteiger partial charge on any atom is -0.506 e. The highest BCUT2D eigenvalue weighted by molar-refractivity contribution is 9.10. The summed E-state index contributed by atoms with van der Waals surface area (Å²) in [4.78, 5) is 10.3. The smallest absolute Gasteiger partial charge is 0.271 e. The van der Waals surface area contributed by atoms with Crippen LogP contribution in [0, 0.1) is 16.0 Å². The highest BCUT2D eigenvalue weighted by atomic mass is 79.9. The third kappa shape index (κ3) is 2.72. The predicted octanol–water partition coefficient (Wildman–Crippen LogP) is 2.22. The van der Waals surface area contributed by atoms with E-state index in [0.29, 0.717) is 0 Å². The molecule has 1 aliphatic rings. The summed E-state index contributed by atoms with van der Waals surface area (Å²) in [5.74, 6) is -0.0519. The van der Waals surface area contributed by atoms with Crippen LogP contribution in [-0.2, 0) is 0 Å². The topological polar surface area (TPSA) is 110 Å². The molecular formula is C12H15BrN2O4. The number of phenolic OH excluding ortho intramolecular Hbond substituents is 1. The van der Waals surface area contributed by atoms with Gasteiger partial charge in [0, 0.05) is 17.7 Å². The molecule has 104 valence electrons. The van der Waals surface area contributed by atoms with Crippen LogP contribution in [0.15, 0.2) is 16.6 Å². The monoisotopic (exact) mass is 330 g/mol. The molecule has 7 heteroatoms. The molecule has 1 aliphatic carbocycles. The second kappa shape index (κ2) is 5.44. The van der Waals surface area contributed by atoms with Gasteiger partial charge in [0.25, 0.3) is 5.69 Å². The van der Waals surface area contributed by atoms with E-state index >= 15 is 0 Å². The maximum absolute atomic E-state index is 10.8. The van der Waals surface area contributed by atoms with Crippen LogP contribution < -0.4 is 5.73 Å². The first kappa shape index (κ1) is 14.2. The van der Waals surface area contributed by atoms with Crippen molar-refractivity contribution in [1.29, 1.82) is 0 Å². The van der Waals surface area contributed by atoms with E-state index in [0.717, 1.165) is 19.3 Å². The average Bonchev–Trinajstić information content (AvgIpc) is 2.29. The van der Waals surface area contributed by atoms with Crippen molar-refractivity contribution in [2.24, 2.45) is 11.7 Å². The molecule has 0 bridgehead atoms. The van der Waals surface area contributed by atoms with Gasteiger partial charge in [-0.15, -0.1) is 0 Å². The Labute approximate surface area is 118 Å². The van der Waals surface area contributed by atoms with Gasteiger partial charge in [0.2, 0.25) is 0 Å². The fourth-order valence-electron chi connectivity index (χ4n) is 2.22. The molecule has 0 aliphatic heterocycles. The fraction of sp³-hybridized carbons (Fsp3) is 0.500. The number of nitrogens with zero attached hydrogens (tertiary/aromatic N) is 1. The summed E-state index contributed by atoms with van der Waals surface area (Å²) in [5.41, 5.74) is 5.96. The van der Waals surface area contributed by atoms with Crippen LogP contribution in [0.4, 0.5) is 5.69 Å². The van der Waals surface area contributed by atoms with Gasteiger partial charge in [-0.05, 0) is 34.7 Å². The average molecular weight is 331 g/mol. The SMILES string of the molecule is N[C@@H](c1cc([N+](=O)[O-])cc(Br)c1O)[C@H](O)C1CCC1. The van der Waals surface area contributed by atoms with E-state index in [4.69, 9.17) is 5.73 Å². The number of aliphatic hydroxyl groups excluding tert-OH is 1. The number of nitro benzene ring substituents is 1. The summed E-state index contributed by atoms with van der Waals surface area (Å²) >= 11 is 3.06. The number of phenols is 1. The highest BCUT2D eigenvalue weighted by Gasteiger charge is 2.33. The van der Waals surface area contributed by atoms with Gasteiger partial charge in [-0.2, -0.15) is 0 Å². The van der Waals surface area contributed by atoms with Crippen LogP contribution in [0.1, 0.15) is 30.9 Å². The Morgan fingerprint density at radius 1 is 1.47 bits per heavy atom. The molecular weight excluding hydrogens is 316 g/mol. The van der Waals surface area contributed by atoms with Gasteiger partial charge >= 0.3 is 0 Å². The van der Waals surface area contributed by atoms with Crippen molar-refractivity contribution in [3.05, 3.63) is 32.3 Å². The van der Waals surface area contributed by atoms with E-state index in [-0.39, 0.29) is 27.4 Å². The lowest BCUT2D eigenvalue weighted by Crippen LogP contribution is -2.36. The largest absolute Gasteiger partial charge is 0.506 e. The normalized spacial score (nSPS) is 18.7. The number of benzene rings is 1. The molecule has 0 radical (unpaired) electrons. The summed E-state index contributed by atoms with van der Waals surface area (Å²) in [6.45, 7) is 0. The molecule has 0 heterocycles. The number of hydrogen-bond donors (Lipinski definition) is 3. The summed E-state index contributed by atoms with van der Waals surface area (Å²) in [6, 6.07) is 1.59. The van der Waals surface area contributed by atoms with Crippen molar-refractivity contribution in [2.75, 3.05) is 0 Å².